The van der Waals surface area contributed by atoms with Gasteiger partial charge in [0.25, 0.3) is 0 Å². The third-order valence-electron chi connectivity index (χ3n) is 4.82. The van der Waals surface area contributed by atoms with E-state index in [1.807, 2.05) is 0 Å². The van der Waals surface area contributed by atoms with Gasteiger partial charge in [-0.1, -0.05) is 39.0 Å². The Morgan fingerprint density at radius 3 is 2.58 bits per heavy atom. The lowest BCUT2D eigenvalue weighted by Crippen LogP contribution is -2.40. The van der Waals surface area contributed by atoms with Gasteiger partial charge in [0.05, 0.1) is 0 Å². The highest BCUT2D eigenvalue weighted by molar-refractivity contribution is 5.78. The van der Waals surface area contributed by atoms with E-state index >= 15 is 0 Å². The highest BCUT2D eigenvalue weighted by atomic mass is 16.1. The summed E-state index contributed by atoms with van der Waals surface area (Å²) in [7, 11) is 0. The molecule has 0 aromatic carbocycles. The van der Waals surface area contributed by atoms with Crippen LogP contribution in [0.15, 0.2) is 0 Å². The second-order valence-corrected chi connectivity index (χ2v) is 6.60. The Bertz CT molecular complexity index is 268. The Balaban J connectivity index is 1.63. The summed E-state index contributed by atoms with van der Waals surface area (Å²) < 4.78 is 0. The number of piperidine rings is 1. The number of amides is 1. The van der Waals surface area contributed by atoms with Crippen molar-refractivity contribution in [2.75, 3.05) is 19.6 Å². The lowest BCUT2D eigenvalue weighted by atomic mass is 9.83. The molecule has 2 N–H and O–H groups in total. The number of hydrogen-bond acceptors (Lipinski definition) is 2. The summed E-state index contributed by atoms with van der Waals surface area (Å²) in [4.78, 5) is 12.1. The molecule has 2 unspecified atom stereocenters. The third kappa shape index (κ3) is 5.13. The minimum Gasteiger partial charge on any atom is -0.356 e. The highest BCUT2D eigenvalue weighted by Crippen LogP contribution is 2.29. The van der Waals surface area contributed by atoms with Crippen LogP contribution in [0.25, 0.3) is 0 Å². The zero-order valence-corrected chi connectivity index (χ0v) is 12.4. The normalized spacial score (nSPS) is 26.9. The van der Waals surface area contributed by atoms with E-state index in [0.717, 1.165) is 32.0 Å². The summed E-state index contributed by atoms with van der Waals surface area (Å²) in [6.45, 7) is 5.17. The Kier molecular flexibility index (Phi) is 6.15. The molecule has 2 aliphatic rings. The first kappa shape index (κ1) is 14.8. The molecule has 2 rings (SSSR count). The molecule has 1 aliphatic heterocycles. The van der Waals surface area contributed by atoms with E-state index in [0.29, 0.717) is 5.92 Å². The van der Waals surface area contributed by atoms with E-state index in [-0.39, 0.29) is 11.8 Å². The van der Waals surface area contributed by atoms with Gasteiger partial charge in [-0.15, -0.1) is 0 Å². The van der Waals surface area contributed by atoms with E-state index in [1.54, 1.807) is 0 Å². The van der Waals surface area contributed by atoms with Crippen molar-refractivity contribution in [1.29, 1.82) is 0 Å². The van der Waals surface area contributed by atoms with Crippen molar-refractivity contribution < 1.29 is 4.79 Å². The molecule has 3 heteroatoms. The molecule has 0 spiro atoms. The molecule has 19 heavy (non-hydrogen) atoms. The summed E-state index contributed by atoms with van der Waals surface area (Å²) in [5.41, 5.74) is 0. The number of hydrogen-bond donors (Lipinski definition) is 2. The maximum absolute atomic E-state index is 12.1. The Labute approximate surface area is 117 Å². The Morgan fingerprint density at radius 2 is 1.89 bits per heavy atom. The molecule has 0 aromatic rings. The topological polar surface area (TPSA) is 41.1 Å². The van der Waals surface area contributed by atoms with Crippen LogP contribution >= 0.6 is 0 Å². The molecule has 0 bridgehead atoms. The monoisotopic (exact) mass is 266 g/mol. The predicted molar refractivity (Wildman–Crippen MR) is 79.0 cm³/mol. The lowest BCUT2D eigenvalue weighted by molar-refractivity contribution is -0.125. The van der Waals surface area contributed by atoms with Crippen molar-refractivity contribution >= 4 is 5.91 Å². The number of nitrogens with one attached hydrogen (secondary N) is 2. The molecule has 1 aliphatic carbocycles. The van der Waals surface area contributed by atoms with Gasteiger partial charge in [-0.3, -0.25) is 4.79 Å². The second-order valence-electron chi connectivity index (χ2n) is 6.60. The van der Waals surface area contributed by atoms with E-state index in [4.69, 9.17) is 0 Å². The van der Waals surface area contributed by atoms with Gasteiger partial charge >= 0.3 is 0 Å². The minimum absolute atomic E-state index is 0.194. The summed E-state index contributed by atoms with van der Waals surface area (Å²) in [5, 5.41) is 6.56. The number of rotatable bonds is 5. The molecule has 0 aromatic heterocycles. The first-order chi connectivity index (χ1) is 9.25. The van der Waals surface area contributed by atoms with Gasteiger partial charge in [-0.05, 0) is 44.2 Å². The Hall–Kier alpha value is -0.570. The zero-order valence-electron chi connectivity index (χ0n) is 12.4. The van der Waals surface area contributed by atoms with E-state index in [1.165, 1.54) is 44.9 Å². The first-order valence-corrected chi connectivity index (χ1v) is 8.24. The van der Waals surface area contributed by atoms with Gasteiger partial charge in [0.2, 0.25) is 5.91 Å². The predicted octanol–water partition coefficient (Wildman–Crippen LogP) is 2.71. The van der Waals surface area contributed by atoms with Gasteiger partial charge < -0.3 is 10.6 Å². The molecule has 1 saturated heterocycles. The fourth-order valence-electron chi connectivity index (χ4n) is 3.55. The van der Waals surface area contributed by atoms with Crippen LogP contribution in [0.4, 0.5) is 0 Å². The Morgan fingerprint density at radius 1 is 1.16 bits per heavy atom. The van der Waals surface area contributed by atoms with Gasteiger partial charge in [0.1, 0.15) is 0 Å². The van der Waals surface area contributed by atoms with Gasteiger partial charge in [-0.25, -0.2) is 0 Å². The van der Waals surface area contributed by atoms with Crippen LogP contribution in [0.5, 0.6) is 0 Å². The van der Waals surface area contributed by atoms with E-state index < -0.39 is 0 Å². The van der Waals surface area contributed by atoms with Crippen LogP contribution < -0.4 is 10.6 Å². The molecule has 1 saturated carbocycles. The van der Waals surface area contributed by atoms with Crippen LogP contribution in [-0.4, -0.2) is 25.5 Å². The summed E-state index contributed by atoms with van der Waals surface area (Å²) in [5.74, 6) is 1.90. The van der Waals surface area contributed by atoms with Gasteiger partial charge in [-0.2, -0.15) is 0 Å². The maximum atomic E-state index is 12.1. The van der Waals surface area contributed by atoms with E-state index in [2.05, 4.69) is 17.6 Å². The van der Waals surface area contributed by atoms with Crippen LogP contribution in [0, 0.1) is 17.8 Å². The number of carbonyl (C=O) groups is 1. The smallest absolute Gasteiger partial charge is 0.222 e. The van der Waals surface area contributed by atoms with Crippen molar-refractivity contribution in [2.24, 2.45) is 17.8 Å². The molecule has 1 heterocycles. The molecule has 2 fully saturated rings. The van der Waals surface area contributed by atoms with E-state index in [9.17, 15) is 4.79 Å². The molecule has 2 atom stereocenters. The summed E-state index contributed by atoms with van der Waals surface area (Å²) in [6, 6.07) is 0. The van der Waals surface area contributed by atoms with Crippen LogP contribution in [0.1, 0.15) is 58.3 Å². The molecular weight excluding hydrogens is 236 g/mol. The quantitative estimate of drug-likeness (QED) is 0.803. The molecular formula is C16H30N2O. The second kappa shape index (κ2) is 7.88. The zero-order chi connectivity index (χ0) is 13.5. The van der Waals surface area contributed by atoms with Crippen LogP contribution in [0.3, 0.4) is 0 Å². The summed E-state index contributed by atoms with van der Waals surface area (Å²) in [6.07, 6.45) is 10.4. The molecule has 1 amide bonds. The molecule has 0 radical (unpaired) electrons. The van der Waals surface area contributed by atoms with Crippen LogP contribution in [0.2, 0.25) is 0 Å². The average molecular weight is 266 g/mol. The highest BCUT2D eigenvalue weighted by Gasteiger charge is 2.21. The van der Waals surface area contributed by atoms with Crippen molar-refractivity contribution in [3.05, 3.63) is 0 Å². The van der Waals surface area contributed by atoms with Crippen LogP contribution in [-0.2, 0) is 4.79 Å². The SMILES string of the molecule is CC(CC1CCCCC1)C(=O)NCC1CCCNC1. The minimum atomic E-state index is 0.194. The average Bonchev–Trinajstić information content (AvgIpc) is 2.47. The largest absolute Gasteiger partial charge is 0.356 e. The molecule has 3 nitrogen and oxygen atoms in total. The van der Waals surface area contributed by atoms with Gasteiger partial charge in [0, 0.05) is 12.5 Å². The van der Waals surface area contributed by atoms with Crippen molar-refractivity contribution in [3.8, 4) is 0 Å². The fourth-order valence-corrected chi connectivity index (χ4v) is 3.55. The van der Waals surface area contributed by atoms with Crippen molar-refractivity contribution in [1.82, 2.24) is 10.6 Å². The van der Waals surface area contributed by atoms with Crippen molar-refractivity contribution in [3.63, 3.8) is 0 Å². The lowest BCUT2D eigenvalue weighted by Gasteiger charge is -2.26. The molecule has 110 valence electrons. The van der Waals surface area contributed by atoms with Crippen molar-refractivity contribution in [2.45, 2.75) is 58.3 Å². The van der Waals surface area contributed by atoms with Gasteiger partial charge in [0.15, 0.2) is 0 Å². The summed E-state index contributed by atoms with van der Waals surface area (Å²) >= 11 is 0. The standard InChI is InChI=1S/C16H30N2O/c1-13(10-14-6-3-2-4-7-14)16(19)18-12-15-8-5-9-17-11-15/h13-15,17H,2-12H2,1H3,(H,18,19). The number of carbonyl (C=O) groups excluding carboxylic acids is 1. The third-order valence-corrected chi connectivity index (χ3v) is 4.82. The fraction of sp³-hybridized carbons (Fsp3) is 0.938. The first-order valence-electron chi connectivity index (χ1n) is 8.24. The maximum Gasteiger partial charge on any atom is 0.222 e.